The zero-order valence-corrected chi connectivity index (χ0v) is 22.9. The minimum atomic E-state index is -3.65. The number of morpholine rings is 1. The second-order valence-electron chi connectivity index (χ2n) is 9.71. The number of aliphatic hydroxyl groups excluding tert-OH is 1. The first-order valence-electron chi connectivity index (χ1n) is 12.9. The number of hydrogen-bond donors (Lipinski definition) is 1. The van der Waals surface area contributed by atoms with Crippen LogP contribution in [0.3, 0.4) is 0 Å². The van der Waals surface area contributed by atoms with E-state index in [1.807, 2.05) is 31.2 Å². The average Bonchev–Trinajstić information content (AvgIpc) is 3.18. The Morgan fingerprint density at radius 3 is 2.21 bits per heavy atom. The van der Waals surface area contributed by atoms with Crippen molar-refractivity contribution in [1.29, 1.82) is 0 Å². The smallest absolute Gasteiger partial charge is 0.295 e. The molecule has 4 rings (SSSR count). The fourth-order valence-corrected chi connectivity index (χ4v) is 5.74. The van der Waals surface area contributed by atoms with Gasteiger partial charge in [-0.2, -0.15) is 0 Å². The van der Waals surface area contributed by atoms with Gasteiger partial charge in [-0.05, 0) is 48.2 Å². The van der Waals surface area contributed by atoms with Gasteiger partial charge in [0.15, 0.2) is 0 Å². The van der Waals surface area contributed by atoms with Crippen molar-refractivity contribution in [2.75, 3.05) is 53.5 Å². The molecule has 1 N–H and O–H groups in total. The van der Waals surface area contributed by atoms with Crippen LogP contribution in [0, 0.1) is 0 Å². The van der Waals surface area contributed by atoms with Crippen molar-refractivity contribution in [3.8, 4) is 0 Å². The molecule has 2 fully saturated rings. The van der Waals surface area contributed by atoms with Crippen LogP contribution in [0.2, 0.25) is 0 Å². The highest BCUT2D eigenvalue weighted by molar-refractivity contribution is 7.89. The highest BCUT2D eigenvalue weighted by Gasteiger charge is 2.45. The summed E-state index contributed by atoms with van der Waals surface area (Å²) in [6, 6.07) is 12.6. The van der Waals surface area contributed by atoms with Gasteiger partial charge in [-0.3, -0.25) is 14.5 Å². The Balaban J connectivity index is 1.68. The van der Waals surface area contributed by atoms with E-state index in [9.17, 15) is 23.1 Å². The van der Waals surface area contributed by atoms with E-state index in [0.717, 1.165) is 41.5 Å². The van der Waals surface area contributed by atoms with Gasteiger partial charge in [0.2, 0.25) is 10.0 Å². The number of amides is 1. The lowest BCUT2D eigenvalue weighted by atomic mass is 9.94. The number of sulfonamides is 1. The number of benzene rings is 2. The van der Waals surface area contributed by atoms with Gasteiger partial charge in [0.25, 0.3) is 11.7 Å². The lowest BCUT2D eigenvalue weighted by Crippen LogP contribution is -2.38. The topological polar surface area (TPSA) is 107 Å². The highest BCUT2D eigenvalue weighted by atomic mass is 32.2. The van der Waals surface area contributed by atoms with Crippen LogP contribution in [0.4, 0.5) is 0 Å². The molecule has 0 saturated carbocycles. The van der Waals surface area contributed by atoms with E-state index in [2.05, 4.69) is 4.90 Å². The van der Waals surface area contributed by atoms with Gasteiger partial charge < -0.3 is 14.7 Å². The second-order valence-corrected chi connectivity index (χ2v) is 11.9. The number of aliphatic hydroxyl groups is 1. The zero-order chi connectivity index (χ0) is 27.4. The molecule has 9 nitrogen and oxygen atoms in total. The molecule has 0 spiro atoms. The summed E-state index contributed by atoms with van der Waals surface area (Å²) in [6.45, 7) is 6.22. The summed E-state index contributed by atoms with van der Waals surface area (Å²) in [7, 11) is -0.776. The average molecular weight is 542 g/mol. The Bertz CT molecular complexity index is 1300. The van der Waals surface area contributed by atoms with Gasteiger partial charge in [0.05, 0.1) is 29.7 Å². The van der Waals surface area contributed by atoms with Crippen LogP contribution < -0.4 is 0 Å². The predicted octanol–water partition coefficient (Wildman–Crippen LogP) is 2.64. The molecule has 2 aromatic carbocycles. The number of Topliss-reactive ketones (excluding diaryl/α,β-unsaturated/α-hetero) is 1. The fourth-order valence-electron chi connectivity index (χ4n) is 4.83. The molecule has 0 aliphatic carbocycles. The van der Waals surface area contributed by atoms with Crippen molar-refractivity contribution in [2.45, 2.75) is 30.7 Å². The van der Waals surface area contributed by atoms with E-state index in [4.69, 9.17) is 4.74 Å². The Hall–Kier alpha value is -3.05. The van der Waals surface area contributed by atoms with Gasteiger partial charge in [-0.25, -0.2) is 12.7 Å². The molecule has 0 aromatic heterocycles. The summed E-state index contributed by atoms with van der Waals surface area (Å²) >= 11 is 0. The maximum absolute atomic E-state index is 13.3. The van der Waals surface area contributed by atoms with E-state index >= 15 is 0 Å². The van der Waals surface area contributed by atoms with E-state index in [0.29, 0.717) is 26.2 Å². The van der Waals surface area contributed by atoms with Crippen LogP contribution >= 0.6 is 0 Å². The van der Waals surface area contributed by atoms with Crippen LogP contribution in [-0.2, 0) is 30.8 Å². The molecule has 2 aliphatic heterocycles. The van der Waals surface area contributed by atoms with E-state index in [1.54, 1.807) is 4.90 Å². The van der Waals surface area contributed by atoms with Crippen molar-refractivity contribution < 1.29 is 27.9 Å². The molecule has 1 amide bonds. The molecule has 0 bridgehead atoms. The largest absolute Gasteiger partial charge is 0.507 e. The van der Waals surface area contributed by atoms with Crippen molar-refractivity contribution in [2.24, 2.45) is 0 Å². The number of rotatable bonds is 9. The zero-order valence-electron chi connectivity index (χ0n) is 22.1. The van der Waals surface area contributed by atoms with Gasteiger partial charge in [-0.1, -0.05) is 31.2 Å². The lowest BCUT2D eigenvalue weighted by molar-refractivity contribution is -0.140. The number of ether oxygens (including phenoxy) is 1. The Kier molecular flexibility index (Phi) is 8.67. The number of carbonyl (C=O) groups is 2. The Labute approximate surface area is 224 Å². The molecule has 2 heterocycles. The second kappa shape index (κ2) is 11.8. The molecule has 1 unspecified atom stereocenters. The van der Waals surface area contributed by atoms with Crippen LogP contribution in [0.15, 0.2) is 59.0 Å². The molecule has 2 aromatic rings. The van der Waals surface area contributed by atoms with Crippen LogP contribution in [-0.4, -0.2) is 92.8 Å². The van der Waals surface area contributed by atoms with E-state index in [-0.39, 0.29) is 21.8 Å². The summed E-state index contributed by atoms with van der Waals surface area (Å²) in [5.41, 5.74) is 2.13. The molecule has 38 heavy (non-hydrogen) atoms. The number of nitrogens with zero attached hydrogens (tertiary/aromatic N) is 3. The monoisotopic (exact) mass is 541 g/mol. The van der Waals surface area contributed by atoms with Gasteiger partial charge in [-0.15, -0.1) is 0 Å². The maximum atomic E-state index is 13.3. The van der Waals surface area contributed by atoms with Crippen molar-refractivity contribution in [1.82, 2.24) is 14.1 Å². The molecule has 10 heteroatoms. The Morgan fingerprint density at radius 2 is 1.63 bits per heavy atom. The number of hydrogen-bond acceptors (Lipinski definition) is 7. The van der Waals surface area contributed by atoms with Crippen LogP contribution in [0.1, 0.15) is 36.1 Å². The third-order valence-corrected chi connectivity index (χ3v) is 8.96. The third kappa shape index (κ3) is 5.68. The molecular formula is C28H35N3O6S. The summed E-state index contributed by atoms with van der Waals surface area (Å²) in [5, 5.41) is 11.3. The number of ketones is 1. The number of likely N-dealkylation sites (tertiary alicyclic amines) is 1. The van der Waals surface area contributed by atoms with Crippen molar-refractivity contribution in [3.05, 3.63) is 70.8 Å². The van der Waals surface area contributed by atoms with Crippen molar-refractivity contribution in [3.63, 3.8) is 0 Å². The summed E-state index contributed by atoms with van der Waals surface area (Å²) in [6.07, 6.45) is 1.52. The SMILES string of the molecule is CCc1ccc(C2C(=C(O)c3ccc(S(=O)(=O)N(C)C)cc3)C(=O)C(=O)N2CCCN2CCOCC2)cc1. The van der Waals surface area contributed by atoms with Crippen LogP contribution in [0.25, 0.3) is 5.76 Å². The molecular weight excluding hydrogens is 506 g/mol. The minimum absolute atomic E-state index is 0.00818. The molecule has 204 valence electrons. The summed E-state index contributed by atoms with van der Waals surface area (Å²) < 4.78 is 31.4. The standard InChI is InChI=1S/C28H35N3O6S/c1-4-20-6-8-21(9-7-20)25-24(26(32)22-10-12-23(13-11-22)38(35,36)29(2)3)27(33)28(34)31(25)15-5-14-30-16-18-37-19-17-30/h6-13,25,32H,4-5,14-19H2,1-3H3. The van der Waals surface area contributed by atoms with Crippen LogP contribution in [0.5, 0.6) is 0 Å². The number of carbonyl (C=O) groups excluding carboxylic acids is 2. The molecule has 2 aliphatic rings. The maximum Gasteiger partial charge on any atom is 0.295 e. The normalized spacial score (nSPS) is 20.4. The first-order valence-corrected chi connectivity index (χ1v) is 14.3. The lowest BCUT2D eigenvalue weighted by Gasteiger charge is -2.29. The summed E-state index contributed by atoms with van der Waals surface area (Å²) in [4.78, 5) is 30.4. The highest BCUT2D eigenvalue weighted by Crippen LogP contribution is 2.39. The predicted molar refractivity (Wildman–Crippen MR) is 144 cm³/mol. The first kappa shape index (κ1) is 28.0. The molecule has 2 saturated heterocycles. The van der Waals surface area contributed by atoms with Crippen molar-refractivity contribution >= 4 is 27.5 Å². The van der Waals surface area contributed by atoms with Gasteiger partial charge >= 0.3 is 0 Å². The quantitative estimate of drug-likeness (QED) is 0.295. The first-order chi connectivity index (χ1) is 18.1. The minimum Gasteiger partial charge on any atom is -0.507 e. The third-order valence-electron chi connectivity index (χ3n) is 7.13. The fraction of sp³-hybridized carbons (Fsp3) is 0.429. The summed E-state index contributed by atoms with van der Waals surface area (Å²) in [5.74, 6) is -1.72. The van der Waals surface area contributed by atoms with Gasteiger partial charge in [0.1, 0.15) is 5.76 Å². The molecule has 1 atom stereocenters. The Morgan fingerprint density at radius 1 is 1.00 bits per heavy atom. The number of aryl methyl sites for hydroxylation is 1. The molecule has 0 radical (unpaired) electrons. The van der Waals surface area contributed by atoms with E-state index in [1.165, 1.54) is 38.4 Å². The van der Waals surface area contributed by atoms with Gasteiger partial charge in [0, 0.05) is 45.8 Å². The van der Waals surface area contributed by atoms with E-state index < -0.39 is 27.8 Å².